The molecular formula is C12H19N3O. The van der Waals surface area contributed by atoms with Crippen molar-refractivity contribution in [3.8, 4) is 0 Å². The number of rotatable bonds is 3. The number of Topliss-reactive ketones (excluding diaryl/α,β-unsaturated/α-hetero) is 1. The summed E-state index contributed by atoms with van der Waals surface area (Å²) in [6.07, 6.45) is 3.61. The van der Waals surface area contributed by atoms with Crippen molar-refractivity contribution in [1.82, 2.24) is 15.1 Å². The van der Waals surface area contributed by atoms with E-state index in [9.17, 15) is 4.79 Å². The first-order valence-corrected chi connectivity index (χ1v) is 5.98. The molecule has 0 amide bonds. The normalized spacial score (nSPS) is 17.9. The Hall–Kier alpha value is -1.16. The van der Waals surface area contributed by atoms with Gasteiger partial charge in [0, 0.05) is 18.2 Å². The summed E-state index contributed by atoms with van der Waals surface area (Å²) in [4.78, 5) is 12.3. The van der Waals surface area contributed by atoms with E-state index in [-0.39, 0.29) is 17.7 Å². The Morgan fingerprint density at radius 2 is 2.19 bits per heavy atom. The van der Waals surface area contributed by atoms with Gasteiger partial charge in [0.05, 0.1) is 0 Å². The van der Waals surface area contributed by atoms with Crippen molar-refractivity contribution in [3.05, 3.63) is 18.0 Å². The molecule has 1 aliphatic heterocycles. The molecule has 0 bridgehead atoms. The molecule has 16 heavy (non-hydrogen) atoms. The molecule has 0 radical (unpaired) electrons. The molecule has 1 aliphatic rings. The van der Waals surface area contributed by atoms with Crippen molar-refractivity contribution >= 4 is 5.78 Å². The van der Waals surface area contributed by atoms with E-state index >= 15 is 0 Å². The fraction of sp³-hybridized carbons (Fsp3) is 0.667. The van der Waals surface area contributed by atoms with E-state index in [2.05, 4.69) is 10.4 Å². The molecule has 0 spiro atoms. The summed E-state index contributed by atoms with van der Waals surface area (Å²) in [6, 6.07) is 2.08. The summed E-state index contributed by atoms with van der Waals surface area (Å²) in [7, 11) is 0. The lowest BCUT2D eigenvalue weighted by Crippen LogP contribution is -2.32. The third-order valence-corrected chi connectivity index (χ3v) is 3.12. The van der Waals surface area contributed by atoms with Gasteiger partial charge in [0.2, 0.25) is 0 Å². The van der Waals surface area contributed by atoms with Gasteiger partial charge in [-0.2, -0.15) is 5.10 Å². The van der Waals surface area contributed by atoms with Gasteiger partial charge >= 0.3 is 0 Å². The Morgan fingerprint density at radius 3 is 2.81 bits per heavy atom. The number of piperidine rings is 1. The van der Waals surface area contributed by atoms with Gasteiger partial charge in [-0.1, -0.05) is 0 Å². The third-order valence-electron chi connectivity index (χ3n) is 3.12. The van der Waals surface area contributed by atoms with Crippen LogP contribution in [0.1, 0.15) is 43.2 Å². The van der Waals surface area contributed by atoms with Crippen molar-refractivity contribution < 1.29 is 4.79 Å². The number of aromatic nitrogens is 2. The second-order valence-electron chi connectivity index (χ2n) is 4.64. The highest BCUT2D eigenvalue weighted by atomic mass is 16.1. The van der Waals surface area contributed by atoms with E-state index in [4.69, 9.17) is 0 Å². The number of carbonyl (C=O) groups is 1. The fourth-order valence-electron chi connectivity index (χ4n) is 2.21. The summed E-state index contributed by atoms with van der Waals surface area (Å²) in [6.45, 7) is 6.00. The van der Waals surface area contributed by atoms with E-state index in [0.29, 0.717) is 0 Å². The third kappa shape index (κ3) is 2.16. The number of nitrogens with one attached hydrogen (secondary N) is 1. The van der Waals surface area contributed by atoms with Crippen LogP contribution in [0.25, 0.3) is 0 Å². The van der Waals surface area contributed by atoms with Crippen molar-refractivity contribution in [2.75, 3.05) is 13.1 Å². The smallest absolute Gasteiger partial charge is 0.184 e. The van der Waals surface area contributed by atoms with Gasteiger partial charge in [0.25, 0.3) is 0 Å². The molecule has 0 aliphatic carbocycles. The fourth-order valence-corrected chi connectivity index (χ4v) is 2.21. The Labute approximate surface area is 96.0 Å². The van der Waals surface area contributed by atoms with Gasteiger partial charge < -0.3 is 5.32 Å². The zero-order valence-corrected chi connectivity index (χ0v) is 9.94. The quantitative estimate of drug-likeness (QED) is 0.789. The van der Waals surface area contributed by atoms with Crippen molar-refractivity contribution in [1.29, 1.82) is 0 Å². The van der Waals surface area contributed by atoms with Crippen LogP contribution in [0.15, 0.2) is 12.3 Å². The number of carbonyl (C=O) groups excluding carboxylic acids is 1. The van der Waals surface area contributed by atoms with Crippen LogP contribution in [0.2, 0.25) is 0 Å². The highest BCUT2D eigenvalue weighted by Gasteiger charge is 2.25. The predicted molar refractivity (Wildman–Crippen MR) is 62.5 cm³/mol. The Balaban J connectivity index is 2.16. The minimum absolute atomic E-state index is 0.176. The average Bonchev–Trinajstić information content (AvgIpc) is 2.78. The van der Waals surface area contributed by atoms with Crippen LogP contribution in [0.4, 0.5) is 0 Å². The minimum atomic E-state index is 0.176. The molecule has 2 rings (SSSR count). The molecule has 88 valence electrons. The summed E-state index contributed by atoms with van der Waals surface area (Å²) < 4.78 is 1.82. The first-order chi connectivity index (χ1) is 7.70. The van der Waals surface area contributed by atoms with Crippen molar-refractivity contribution in [2.45, 2.75) is 32.7 Å². The van der Waals surface area contributed by atoms with Crippen LogP contribution < -0.4 is 5.32 Å². The largest absolute Gasteiger partial charge is 0.317 e. The molecule has 1 N–H and O–H groups in total. The number of nitrogens with zero attached hydrogens (tertiary/aromatic N) is 2. The molecule has 0 saturated carbocycles. The molecule has 1 aromatic heterocycles. The van der Waals surface area contributed by atoms with Crippen LogP contribution in [0.5, 0.6) is 0 Å². The lowest BCUT2D eigenvalue weighted by molar-refractivity contribution is 0.0882. The summed E-state index contributed by atoms with van der Waals surface area (Å²) in [5, 5.41) is 7.49. The van der Waals surface area contributed by atoms with E-state index in [1.807, 2.05) is 24.6 Å². The first kappa shape index (κ1) is 11.3. The maximum atomic E-state index is 12.3. The maximum Gasteiger partial charge on any atom is 0.184 e. The molecule has 4 nitrogen and oxygen atoms in total. The molecule has 4 heteroatoms. The molecule has 0 atom stereocenters. The average molecular weight is 221 g/mol. The van der Waals surface area contributed by atoms with Crippen molar-refractivity contribution in [3.63, 3.8) is 0 Å². The SMILES string of the molecule is CC(C)n1nccc1C(=O)C1CCNCC1. The van der Waals surface area contributed by atoms with Crippen molar-refractivity contribution in [2.24, 2.45) is 5.92 Å². The van der Waals surface area contributed by atoms with Crippen LogP contribution >= 0.6 is 0 Å². The molecule has 0 aromatic carbocycles. The minimum Gasteiger partial charge on any atom is -0.317 e. The molecule has 1 fully saturated rings. The number of hydrogen-bond donors (Lipinski definition) is 1. The topological polar surface area (TPSA) is 46.9 Å². The number of ketones is 1. The van der Waals surface area contributed by atoms with E-state index in [1.54, 1.807) is 6.20 Å². The zero-order chi connectivity index (χ0) is 11.5. The molecule has 0 unspecified atom stereocenters. The highest BCUT2D eigenvalue weighted by molar-refractivity contribution is 5.96. The predicted octanol–water partition coefficient (Wildman–Crippen LogP) is 1.65. The Morgan fingerprint density at radius 1 is 1.50 bits per heavy atom. The summed E-state index contributed by atoms with van der Waals surface area (Å²) >= 11 is 0. The van der Waals surface area contributed by atoms with Crippen LogP contribution in [0.3, 0.4) is 0 Å². The highest BCUT2D eigenvalue weighted by Crippen LogP contribution is 2.19. The van der Waals surface area contributed by atoms with Crippen LogP contribution in [-0.4, -0.2) is 28.7 Å². The lowest BCUT2D eigenvalue weighted by atomic mass is 9.92. The summed E-state index contributed by atoms with van der Waals surface area (Å²) in [5.41, 5.74) is 0.766. The summed E-state index contributed by atoms with van der Waals surface area (Å²) in [5.74, 6) is 0.433. The van der Waals surface area contributed by atoms with Crippen LogP contribution in [0, 0.1) is 5.92 Å². The number of hydrogen-bond acceptors (Lipinski definition) is 3. The second kappa shape index (κ2) is 4.78. The lowest BCUT2D eigenvalue weighted by Gasteiger charge is -2.22. The maximum absolute atomic E-state index is 12.3. The van der Waals surface area contributed by atoms with E-state index < -0.39 is 0 Å². The Bertz CT molecular complexity index is 364. The van der Waals surface area contributed by atoms with Gasteiger partial charge in [-0.3, -0.25) is 9.48 Å². The zero-order valence-electron chi connectivity index (χ0n) is 9.94. The van der Waals surface area contributed by atoms with E-state index in [0.717, 1.165) is 31.6 Å². The molecular weight excluding hydrogens is 202 g/mol. The van der Waals surface area contributed by atoms with E-state index in [1.165, 1.54) is 0 Å². The van der Waals surface area contributed by atoms with Gasteiger partial charge in [0.1, 0.15) is 5.69 Å². The van der Waals surface area contributed by atoms with Gasteiger partial charge in [-0.25, -0.2) is 0 Å². The molecule has 1 saturated heterocycles. The van der Waals surface area contributed by atoms with Gasteiger partial charge in [-0.15, -0.1) is 0 Å². The van der Waals surface area contributed by atoms with Crippen LogP contribution in [-0.2, 0) is 0 Å². The molecule has 2 heterocycles. The monoisotopic (exact) mass is 221 g/mol. The standard InChI is InChI=1S/C12H19N3O/c1-9(2)15-11(5-8-14-15)12(16)10-3-6-13-7-4-10/h5,8-10,13H,3-4,6-7H2,1-2H3. The molecule has 1 aromatic rings. The second-order valence-corrected chi connectivity index (χ2v) is 4.64. The van der Waals surface area contributed by atoms with Gasteiger partial charge in [-0.05, 0) is 45.8 Å². The Kier molecular flexibility index (Phi) is 3.39. The first-order valence-electron chi connectivity index (χ1n) is 5.98. The van der Waals surface area contributed by atoms with Gasteiger partial charge in [0.15, 0.2) is 5.78 Å².